The van der Waals surface area contributed by atoms with E-state index in [1.54, 1.807) is 0 Å². The number of alkyl halides is 4. The summed E-state index contributed by atoms with van der Waals surface area (Å²) in [5, 5.41) is 8.04. The van der Waals surface area contributed by atoms with Gasteiger partial charge in [-0.2, -0.15) is 8.78 Å². The number of benzene rings is 1. The molecular formula is C15H8Cl2F5NO4. The Morgan fingerprint density at radius 3 is 2.44 bits per heavy atom. The maximum atomic E-state index is 13.7. The molecule has 1 N–H and O–H groups in total. The van der Waals surface area contributed by atoms with Gasteiger partial charge in [-0.1, -0.05) is 23.2 Å². The van der Waals surface area contributed by atoms with Crippen molar-refractivity contribution < 1.29 is 41.3 Å². The second kappa shape index (κ2) is 8.13. The Balaban J connectivity index is 2.21. The van der Waals surface area contributed by atoms with E-state index < -0.39 is 47.2 Å². The number of carboxylic acid groups (broad SMARTS) is 1. The van der Waals surface area contributed by atoms with Crippen LogP contribution in [-0.4, -0.2) is 28.6 Å². The third-order valence-corrected chi connectivity index (χ3v) is 3.47. The normalized spacial score (nSPS) is 11.6. The molecule has 0 atom stereocenters. The van der Waals surface area contributed by atoms with Gasteiger partial charge in [0.2, 0.25) is 12.3 Å². The first-order chi connectivity index (χ1) is 12.5. The highest BCUT2D eigenvalue weighted by atomic mass is 35.5. The zero-order chi connectivity index (χ0) is 20.4. The summed E-state index contributed by atoms with van der Waals surface area (Å²) in [6.45, 7) is 0. The Hall–Kier alpha value is -2.33. The van der Waals surface area contributed by atoms with Crippen molar-refractivity contribution in [2.75, 3.05) is 0 Å². The molecule has 2 aromatic rings. The molecule has 0 saturated carbocycles. The lowest BCUT2D eigenvalue weighted by Gasteiger charge is -2.17. The number of carbonyl (C=O) groups is 1. The smallest absolute Gasteiger partial charge is 0.404 e. The van der Waals surface area contributed by atoms with E-state index in [9.17, 15) is 26.7 Å². The van der Waals surface area contributed by atoms with E-state index in [1.807, 2.05) is 0 Å². The first kappa shape index (κ1) is 21.0. The van der Waals surface area contributed by atoms with Gasteiger partial charge in [-0.05, 0) is 6.07 Å². The van der Waals surface area contributed by atoms with Gasteiger partial charge < -0.3 is 14.6 Å². The molecule has 0 saturated heterocycles. The Morgan fingerprint density at radius 2 is 1.89 bits per heavy atom. The van der Waals surface area contributed by atoms with Gasteiger partial charge in [0, 0.05) is 12.1 Å². The van der Waals surface area contributed by atoms with Crippen LogP contribution < -0.4 is 9.47 Å². The molecule has 0 aliphatic heterocycles. The van der Waals surface area contributed by atoms with E-state index in [2.05, 4.69) is 9.72 Å². The molecule has 0 amide bonds. The number of rotatable bonds is 7. The van der Waals surface area contributed by atoms with Gasteiger partial charge in [-0.25, -0.2) is 22.9 Å². The molecule has 1 aromatic heterocycles. The Labute approximate surface area is 158 Å². The Morgan fingerprint density at radius 1 is 1.22 bits per heavy atom. The third-order valence-electron chi connectivity index (χ3n) is 2.90. The molecule has 27 heavy (non-hydrogen) atoms. The number of halogens is 7. The maximum absolute atomic E-state index is 13.7. The average Bonchev–Trinajstić information content (AvgIpc) is 2.51. The summed E-state index contributed by atoms with van der Waals surface area (Å²) in [4.78, 5) is 14.2. The summed E-state index contributed by atoms with van der Waals surface area (Å²) in [6.07, 6.45) is -8.52. The van der Waals surface area contributed by atoms with Gasteiger partial charge in [0.25, 0.3) is 0 Å². The number of pyridine rings is 1. The lowest BCUT2D eigenvalue weighted by Crippen LogP contribution is -2.28. The van der Waals surface area contributed by atoms with Gasteiger partial charge in [-0.15, -0.1) is 0 Å². The van der Waals surface area contributed by atoms with Crippen molar-refractivity contribution in [3.05, 3.63) is 45.8 Å². The molecule has 0 spiro atoms. The van der Waals surface area contributed by atoms with Crippen molar-refractivity contribution in [2.45, 2.75) is 19.0 Å². The minimum atomic E-state index is -4.20. The Kier molecular flexibility index (Phi) is 6.32. The van der Waals surface area contributed by atoms with Gasteiger partial charge in [0.1, 0.15) is 28.8 Å². The summed E-state index contributed by atoms with van der Waals surface area (Å²) >= 11 is 11.5. The molecule has 1 heterocycles. The second-order valence-electron chi connectivity index (χ2n) is 4.96. The van der Waals surface area contributed by atoms with Crippen LogP contribution in [0, 0.1) is 5.82 Å². The number of carboxylic acids is 1. The molecule has 2 rings (SSSR count). The van der Waals surface area contributed by atoms with Gasteiger partial charge in [-0.3, -0.25) is 0 Å². The predicted octanol–water partition coefficient (Wildman–Crippen LogP) is 5.64. The van der Waals surface area contributed by atoms with Crippen molar-refractivity contribution in [1.29, 1.82) is 0 Å². The van der Waals surface area contributed by atoms with Crippen LogP contribution in [0.4, 0.5) is 22.0 Å². The zero-order valence-electron chi connectivity index (χ0n) is 12.9. The van der Waals surface area contributed by atoms with Crippen LogP contribution in [0.2, 0.25) is 10.0 Å². The number of hydrogen-bond donors (Lipinski definition) is 1. The number of ether oxygens (including phenoxy) is 2. The molecule has 0 unspecified atom stereocenters. The fraction of sp³-hybridized carbons (Fsp3) is 0.200. The van der Waals surface area contributed by atoms with Crippen LogP contribution in [0.25, 0.3) is 0 Å². The monoisotopic (exact) mass is 431 g/mol. The van der Waals surface area contributed by atoms with Crippen LogP contribution >= 0.6 is 23.2 Å². The minimum absolute atomic E-state index is 0.186. The number of nitrogens with zero attached hydrogens (tertiary/aromatic N) is 1. The standard InChI is InChI=1S/C15H8Cl2F5NO4/c16-8-2-7(14(24)25)10(18)3-11(8)26-6-1-9(17)13(23-5-6)27-15(21,22)4-12(19)20/h1-3,5,12H,4H2,(H,24,25). The molecule has 0 aliphatic rings. The lowest BCUT2D eigenvalue weighted by atomic mass is 10.2. The fourth-order valence-corrected chi connectivity index (χ4v) is 2.20. The van der Waals surface area contributed by atoms with Crippen LogP contribution in [0.1, 0.15) is 16.8 Å². The summed E-state index contributed by atoms with van der Waals surface area (Å²) in [7, 11) is 0. The van der Waals surface area contributed by atoms with Crippen molar-refractivity contribution in [2.24, 2.45) is 0 Å². The molecular weight excluding hydrogens is 424 g/mol. The minimum Gasteiger partial charge on any atom is -0.478 e. The summed E-state index contributed by atoms with van der Waals surface area (Å²) < 4.78 is 73.6. The highest BCUT2D eigenvalue weighted by molar-refractivity contribution is 6.32. The maximum Gasteiger partial charge on any atom is 0.404 e. The van der Waals surface area contributed by atoms with Crippen molar-refractivity contribution in [1.82, 2.24) is 4.98 Å². The first-order valence-electron chi connectivity index (χ1n) is 6.89. The van der Waals surface area contributed by atoms with Gasteiger partial charge >= 0.3 is 12.1 Å². The first-order valence-corrected chi connectivity index (χ1v) is 7.65. The van der Waals surface area contributed by atoms with E-state index in [4.69, 9.17) is 33.0 Å². The van der Waals surface area contributed by atoms with Crippen LogP contribution in [0.15, 0.2) is 24.4 Å². The summed E-state index contributed by atoms with van der Waals surface area (Å²) in [6, 6.07) is 2.45. The van der Waals surface area contributed by atoms with E-state index >= 15 is 0 Å². The molecule has 0 bridgehead atoms. The molecule has 146 valence electrons. The van der Waals surface area contributed by atoms with Crippen LogP contribution in [-0.2, 0) is 0 Å². The highest BCUT2D eigenvalue weighted by Gasteiger charge is 2.37. The third kappa shape index (κ3) is 5.57. The molecule has 1 aromatic carbocycles. The van der Waals surface area contributed by atoms with Crippen molar-refractivity contribution in [3.63, 3.8) is 0 Å². The van der Waals surface area contributed by atoms with Crippen molar-refractivity contribution >= 4 is 29.2 Å². The summed E-state index contributed by atoms with van der Waals surface area (Å²) in [5.41, 5.74) is -0.687. The van der Waals surface area contributed by atoms with E-state index in [0.29, 0.717) is 6.07 Å². The quantitative estimate of drug-likeness (QED) is 0.574. The summed E-state index contributed by atoms with van der Waals surface area (Å²) in [5.74, 6) is -3.99. The van der Waals surface area contributed by atoms with Gasteiger partial charge in [0.15, 0.2) is 0 Å². The highest BCUT2D eigenvalue weighted by Crippen LogP contribution is 2.36. The number of aromatic carboxylic acids is 1. The van der Waals surface area contributed by atoms with E-state index in [1.165, 1.54) is 0 Å². The largest absolute Gasteiger partial charge is 0.478 e. The van der Waals surface area contributed by atoms with Crippen molar-refractivity contribution in [3.8, 4) is 17.4 Å². The lowest BCUT2D eigenvalue weighted by molar-refractivity contribution is -0.201. The Bertz CT molecular complexity index is 866. The molecule has 5 nitrogen and oxygen atoms in total. The second-order valence-corrected chi connectivity index (χ2v) is 5.78. The molecule has 0 fully saturated rings. The fourth-order valence-electron chi connectivity index (χ4n) is 1.80. The predicted molar refractivity (Wildman–Crippen MR) is 83.9 cm³/mol. The number of hydrogen-bond acceptors (Lipinski definition) is 4. The topological polar surface area (TPSA) is 68.7 Å². The zero-order valence-corrected chi connectivity index (χ0v) is 14.4. The van der Waals surface area contributed by atoms with E-state index in [0.717, 1.165) is 18.3 Å². The molecule has 0 radical (unpaired) electrons. The van der Waals surface area contributed by atoms with E-state index in [-0.39, 0.29) is 16.5 Å². The average molecular weight is 432 g/mol. The molecule has 12 heteroatoms. The molecule has 0 aliphatic carbocycles. The number of aromatic nitrogens is 1. The SMILES string of the molecule is O=C(O)c1cc(Cl)c(Oc2cnc(OC(F)(F)CC(F)F)c(Cl)c2)cc1F. The van der Waals surface area contributed by atoms with Crippen LogP contribution in [0.3, 0.4) is 0 Å². The van der Waals surface area contributed by atoms with Gasteiger partial charge in [0.05, 0.1) is 16.8 Å². The van der Waals surface area contributed by atoms with Crippen LogP contribution in [0.5, 0.6) is 17.4 Å².